The van der Waals surface area contributed by atoms with Crippen LogP contribution in [0.25, 0.3) is 0 Å². The van der Waals surface area contributed by atoms with Crippen LogP contribution in [0.4, 0.5) is 23.7 Å². The molecule has 39 heavy (non-hydrogen) atoms. The lowest BCUT2D eigenvalue weighted by molar-refractivity contribution is -0.137. The highest BCUT2D eigenvalue weighted by molar-refractivity contribution is 7.09. The largest absolute Gasteiger partial charge is 0.416 e. The molecule has 1 aromatic heterocycles. The third-order valence-corrected chi connectivity index (χ3v) is 7.20. The van der Waals surface area contributed by atoms with E-state index in [-0.39, 0.29) is 24.7 Å². The number of amides is 3. The number of hydrogen-bond donors (Lipinski definition) is 1. The van der Waals surface area contributed by atoms with E-state index in [4.69, 9.17) is 4.74 Å². The molecule has 0 radical (unpaired) electrons. The number of morpholine rings is 1. The molecule has 1 aliphatic rings. The molecule has 3 amide bonds. The van der Waals surface area contributed by atoms with Gasteiger partial charge in [-0.25, -0.2) is 4.79 Å². The van der Waals surface area contributed by atoms with Crippen LogP contribution in [0.2, 0.25) is 0 Å². The van der Waals surface area contributed by atoms with Gasteiger partial charge in [0.15, 0.2) is 0 Å². The maximum atomic E-state index is 13.6. The standard InChI is InChI=1S/C28H31F3N4O3S/c29-28(30,31)23-8-4-9-24(18-23)32-27(37)34(12-11-33-13-15-38-16-14-33)21-26(36)35(20-25-10-5-17-39-25)19-22-6-2-1-3-7-22/h1-10,17-18H,11-16,19-21H2,(H,32,37). The topological polar surface area (TPSA) is 65.1 Å². The second-order valence-corrected chi connectivity index (χ2v) is 10.2. The molecule has 7 nitrogen and oxygen atoms in total. The van der Waals surface area contributed by atoms with Crippen LogP contribution in [-0.2, 0) is 28.8 Å². The lowest BCUT2D eigenvalue weighted by Gasteiger charge is -2.31. The number of anilines is 1. The Morgan fingerprint density at radius 1 is 0.949 bits per heavy atom. The van der Waals surface area contributed by atoms with Crippen LogP contribution in [0.5, 0.6) is 0 Å². The molecule has 2 aromatic carbocycles. The fourth-order valence-corrected chi connectivity index (χ4v) is 4.92. The van der Waals surface area contributed by atoms with Crippen molar-refractivity contribution in [3.05, 3.63) is 88.1 Å². The number of alkyl halides is 3. The summed E-state index contributed by atoms with van der Waals surface area (Å²) in [6, 6.07) is 17.3. The summed E-state index contributed by atoms with van der Waals surface area (Å²) in [5, 5.41) is 4.50. The first-order valence-electron chi connectivity index (χ1n) is 12.7. The summed E-state index contributed by atoms with van der Waals surface area (Å²) in [5.41, 5.74) is 0.107. The molecule has 0 saturated carbocycles. The number of nitrogens with zero attached hydrogens (tertiary/aromatic N) is 3. The van der Waals surface area contributed by atoms with Crippen LogP contribution < -0.4 is 5.32 Å². The minimum atomic E-state index is -4.54. The van der Waals surface area contributed by atoms with Gasteiger partial charge in [-0.3, -0.25) is 9.69 Å². The second-order valence-electron chi connectivity index (χ2n) is 9.20. The second kappa shape index (κ2) is 13.6. The first-order valence-corrected chi connectivity index (χ1v) is 13.5. The van der Waals surface area contributed by atoms with E-state index in [2.05, 4.69) is 10.2 Å². The quantitative estimate of drug-likeness (QED) is 0.372. The van der Waals surface area contributed by atoms with Gasteiger partial charge in [0.05, 0.1) is 25.3 Å². The van der Waals surface area contributed by atoms with Crippen molar-refractivity contribution in [2.75, 3.05) is 51.3 Å². The normalized spacial score (nSPS) is 14.1. The fraction of sp³-hybridized carbons (Fsp3) is 0.357. The van der Waals surface area contributed by atoms with Gasteiger partial charge >= 0.3 is 12.2 Å². The number of thiophene rings is 1. The van der Waals surface area contributed by atoms with Crippen molar-refractivity contribution in [1.82, 2.24) is 14.7 Å². The minimum absolute atomic E-state index is 0.0124. The van der Waals surface area contributed by atoms with Crippen LogP contribution in [0.15, 0.2) is 72.1 Å². The molecule has 0 aliphatic carbocycles. The van der Waals surface area contributed by atoms with Crippen LogP contribution in [-0.4, -0.2) is 72.6 Å². The minimum Gasteiger partial charge on any atom is -0.379 e. The zero-order chi connectivity index (χ0) is 27.7. The number of halogens is 3. The maximum absolute atomic E-state index is 13.6. The number of rotatable bonds is 10. The molecule has 0 unspecified atom stereocenters. The Hall–Kier alpha value is -3.41. The molecule has 208 valence electrons. The highest BCUT2D eigenvalue weighted by atomic mass is 32.1. The Balaban J connectivity index is 1.50. The predicted molar refractivity (Wildman–Crippen MR) is 144 cm³/mol. The lowest BCUT2D eigenvalue weighted by atomic mass is 10.2. The van der Waals surface area contributed by atoms with Gasteiger partial charge < -0.3 is 19.9 Å². The lowest BCUT2D eigenvalue weighted by Crippen LogP contribution is -2.48. The van der Waals surface area contributed by atoms with Crippen molar-refractivity contribution in [2.24, 2.45) is 0 Å². The summed E-state index contributed by atoms with van der Waals surface area (Å²) >= 11 is 1.54. The summed E-state index contributed by atoms with van der Waals surface area (Å²) in [6.07, 6.45) is -4.54. The van der Waals surface area contributed by atoms with Crippen molar-refractivity contribution in [3.63, 3.8) is 0 Å². The fourth-order valence-electron chi connectivity index (χ4n) is 4.21. The van der Waals surface area contributed by atoms with Gasteiger partial charge in [-0.15, -0.1) is 11.3 Å². The van der Waals surface area contributed by atoms with E-state index in [1.54, 1.807) is 16.2 Å². The summed E-state index contributed by atoms with van der Waals surface area (Å²) in [7, 11) is 0. The number of carbonyl (C=O) groups excluding carboxylic acids is 2. The van der Waals surface area contributed by atoms with Gasteiger partial charge in [-0.05, 0) is 35.2 Å². The molecule has 1 fully saturated rings. The molecular formula is C28H31F3N4O3S. The number of hydrogen-bond acceptors (Lipinski definition) is 5. The van der Waals surface area contributed by atoms with E-state index in [1.807, 2.05) is 47.8 Å². The van der Waals surface area contributed by atoms with E-state index in [9.17, 15) is 22.8 Å². The molecule has 11 heteroatoms. The van der Waals surface area contributed by atoms with Crippen LogP contribution in [0.1, 0.15) is 16.0 Å². The Bertz CT molecular complexity index is 1200. The number of urea groups is 1. The molecule has 4 rings (SSSR count). The van der Waals surface area contributed by atoms with Crippen molar-refractivity contribution < 1.29 is 27.5 Å². The van der Waals surface area contributed by atoms with Crippen molar-refractivity contribution in [1.29, 1.82) is 0 Å². The first-order chi connectivity index (χ1) is 18.8. The summed E-state index contributed by atoms with van der Waals surface area (Å²) in [4.78, 5) is 33.1. The van der Waals surface area contributed by atoms with Gasteiger partial charge in [-0.2, -0.15) is 13.2 Å². The number of benzene rings is 2. The molecule has 1 saturated heterocycles. The zero-order valence-electron chi connectivity index (χ0n) is 21.4. The third kappa shape index (κ3) is 8.81. The zero-order valence-corrected chi connectivity index (χ0v) is 22.2. The molecular weight excluding hydrogens is 529 g/mol. The molecule has 1 aliphatic heterocycles. The van der Waals surface area contributed by atoms with Gasteiger partial charge in [0, 0.05) is 43.3 Å². The summed E-state index contributed by atoms with van der Waals surface area (Å²) < 4.78 is 45.0. The predicted octanol–water partition coefficient (Wildman–Crippen LogP) is 5.16. The summed E-state index contributed by atoms with van der Waals surface area (Å²) in [5.74, 6) is -0.256. The Morgan fingerprint density at radius 3 is 2.41 bits per heavy atom. The maximum Gasteiger partial charge on any atom is 0.416 e. The van der Waals surface area contributed by atoms with E-state index in [0.717, 1.165) is 22.6 Å². The van der Waals surface area contributed by atoms with Gasteiger partial charge in [0.25, 0.3) is 0 Å². The monoisotopic (exact) mass is 560 g/mol. The van der Waals surface area contributed by atoms with E-state index >= 15 is 0 Å². The SMILES string of the molecule is O=C(CN(CCN1CCOCC1)C(=O)Nc1cccc(C(F)(F)F)c1)N(Cc1ccccc1)Cc1cccs1. The van der Waals surface area contributed by atoms with Crippen LogP contribution >= 0.6 is 11.3 Å². The molecule has 0 atom stereocenters. The van der Waals surface area contributed by atoms with E-state index in [1.165, 1.54) is 17.0 Å². The van der Waals surface area contributed by atoms with Crippen molar-refractivity contribution in [3.8, 4) is 0 Å². The highest BCUT2D eigenvalue weighted by Gasteiger charge is 2.31. The van der Waals surface area contributed by atoms with Gasteiger partial charge in [0.2, 0.25) is 5.91 Å². The molecule has 2 heterocycles. The van der Waals surface area contributed by atoms with Gasteiger partial charge in [-0.1, -0.05) is 42.5 Å². The Morgan fingerprint density at radius 2 is 1.72 bits per heavy atom. The smallest absolute Gasteiger partial charge is 0.379 e. The third-order valence-electron chi connectivity index (χ3n) is 6.34. The average molecular weight is 561 g/mol. The van der Waals surface area contributed by atoms with Crippen molar-refractivity contribution in [2.45, 2.75) is 19.3 Å². The van der Waals surface area contributed by atoms with E-state index < -0.39 is 17.8 Å². The molecule has 1 N–H and O–H groups in total. The number of carbonyl (C=O) groups is 2. The Labute approximate surface area is 229 Å². The molecule has 0 spiro atoms. The van der Waals surface area contributed by atoms with Crippen LogP contribution in [0.3, 0.4) is 0 Å². The highest BCUT2D eigenvalue weighted by Crippen LogP contribution is 2.30. The molecule has 0 bridgehead atoms. The van der Waals surface area contributed by atoms with E-state index in [0.29, 0.717) is 45.9 Å². The Kier molecular flexibility index (Phi) is 9.96. The number of ether oxygens (including phenoxy) is 1. The first kappa shape index (κ1) is 28.6. The van der Waals surface area contributed by atoms with Crippen molar-refractivity contribution >= 4 is 29.0 Å². The van der Waals surface area contributed by atoms with Crippen LogP contribution in [0, 0.1) is 0 Å². The average Bonchev–Trinajstić information content (AvgIpc) is 3.44. The number of nitrogens with one attached hydrogen (secondary N) is 1. The molecule has 3 aromatic rings. The van der Waals surface area contributed by atoms with Gasteiger partial charge in [0.1, 0.15) is 6.54 Å². The summed E-state index contributed by atoms with van der Waals surface area (Å²) in [6.45, 7) is 3.85.